The van der Waals surface area contributed by atoms with Gasteiger partial charge < -0.3 is 20.1 Å². The van der Waals surface area contributed by atoms with E-state index in [0.29, 0.717) is 23.3 Å². The van der Waals surface area contributed by atoms with Crippen LogP contribution in [0, 0.1) is 0 Å². The van der Waals surface area contributed by atoms with Crippen LogP contribution in [-0.2, 0) is 6.42 Å². The molecule has 0 saturated heterocycles. The van der Waals surface area contributed by atoms with Crippen molar-refractivity contribution in [3.8, 4) is 5.88 Å². The summed E-state index contributed by atoms with van der Waals surface area (Å²) in [7, 11) is 1.54. The second-order valence-electron chi connectivity index (χ2n) is 6.81. The lowest BCUT2D eigenvalue weighted by Gasteiger charge is -2.34. The van der Waals surface area contributed by atoms with Gasteiger partial charge in [0, 0.05) is 41.3 Å². The topological polar surface area (TPSA) is 73.4 Å². The Kier molecular flexibility index (Phi) is 5.64. The maximum Gasteiger partial charge on any atom is 0.234 e. The van der Waals surface area contributed by atoms with Crippen LogP contribution in [0.15, 0.2) is 30.3 Å². The average Bonchev–Trinajstić information content (AvgIpc) is 3.06. The maximum atomic E-state index is 10.1. The van der Waals surface area contributed by atoms with E-state index in [0.717, 1.165) is 41.1 Å². The van der Waals surface area contributed by atoms with Crippen molar-refractivity contribution in [2.45, 2.75) is 12.5 Å². The summed E-state index contributed by atoms with van der Waals surface area (Å²) in [6, 6.07) is 9.39. The fraction of sp³-hybridized carbons (Fsp3) is 0.350. The van der Waals surface area contributed by atoms with Crippen molar-refractivity contribution in [3.05, 3.63) is 51.6 Å². The Morgan fingerprint density at radius 2 is 2.18 bits per heavy atom. The zero-order valence-corrected chi connectivity index (χ0v) is 17.0. The van der Waals surface area contributed by atoms with E-state index >= 15 is 0 Å². The van der Waals surface area contributed by atoms with Gasteiger partial charge in [-0.25, -0.2) is 0 Å². The van der Waals surface area contributed by atoms with Crippen molar-refractivity contribution < 1.29 is 9.84 Å². The summed E-state index contributed by atoms with van der Waals surface area (Å²) < 4.78 is 5.15. The number of pyridine rings is 1. The average molecular weight is 421 g/mol. The molecule has 0 bridgehead atoms. The van der Waals surface area contributed by atoms with Gasteiger partial charge in [-0.2, -0.15) is 4.98 Å². The van der Waals surface area contributed by atoms with Crippen LogP contribution in [-0.4, -0.2) is 53.3 Å². The predicted molar refractivity (Wildman–Crippen MR) is 113 cm³/mol. The first kappa shape index (κ1) is 19.3. The number of aromatic nitrogens is 2. The fourth-order valence-electron chi connectivity index (χ4n) is 3.86. The van der Waals surface area contributed by atoms with Gasteiger partial charge >= 0.3 is 0 Å². The molecule has 3 heterocycles. The van der Waals surface area contributed by atoms with Crippen LogP contribution < -0.4 is 10.1 Å². The molecule has 2 aromatic heterocycles. The van der Waals surface area contributed by atoms with Crippen LogP contribution in [0.2, 0.25) is 10.0 Å². The van der Waals surface area contributed by atoms with Gasteiger partial charge in [0.05, 0.1) is 19.8 Å². The Labute approximate surface area is 173 Å². The molecule has 0 spiro atoms. The van der Waals surface area contributed by atoms with Gasteiger partial charge in [-0.05, 0) is 42.3 Å². The number of ether oxygens (including phenoxy) is 1. The van der Waals surface area contributed by atoms with Crippen molar-refractivity contribution in [1.82, 2.24) is 14.9 Å². The first-order chi connectivity index (χ1) is 13.6. The zero-order valence-electron chi connectivity index (χ0n) is 15.5. The first-order valence-electron chi connectivity index (χ1n) is 9.20. The SMILES string of the molecule is COc1nc(NCCN2CCc3c([nH]c4ccc(Cl)cc34)C2CO)ccc1Cl. The molecule has 0 saturated carbocycles. The summed E-state index contributed by atoms with van der Waals surface area (Å²) in [6.45, 7) is 2.39. The molecular formula is C20H22Cl2N4O2. The lowest BCUT2D eigenvalue weighted by Crippen LogP contribution is -2.40. The molecule has 1 aromatic carbocycles. The highest BCUT2D eigenvalue weighted by atomic mass is 35.5. The molecule has 1 aliphatic rings. The highest BCUT2D eigenvalue weighted by Gasteiger charge is 2.29. The molecule has 4 rings (SSSR count). The minimum Gasteiger partial charge on any atom is -0.480 e. The van der Waals surface area contributed by atoms with Crippen LogP contribution in [0.5, 0.6) is 5.88 Å². The lowest BCUT2D eigenvalue weighted by atomic mass is 9.97. The number of methoxy groups -OCH3 is 1. The molecule has 3 N–H and O–H groups in total. The van der Waals surface area contributed by atoms with E-state index in [4.69, 9.17) is 27.9 Å². The molecule has 1 atom stereocenters. The van der Waals surface area contributed by atoms with E-state index in [1.165, 1.54) is 5.56 Å². The molecule has 1 unspecified atom stereocenters. The van der Waals surface area contributed by atoms with Crippen molar-refractivity contribution >= 4 is 39.9 Å². The molecule has 148 valence electrons. The Bertz CT molecular complexity index is 992. The molecule has 0 amide bonds. The lowest BCUT2D eigenvalue weighted by molar-refractivity contribution is 0.116. The van der Waals surface area contributed by atoms with Gasteiger partial charge in [0.15, 0.2) is 0 Å². The Morgan fingerprint density at radius 3 is 2.96 bits per heavy atom. The number of benzene rings is 1. The van der Waals surface area contributed by atoms with Crippen molar-refractivity contribution in [2.75, 3.05) is 38.7 Å². The number of nitrogens with zero attached hydrogens (tertiary/aromatic N) is 2. The van der Waals surface area contributed by atoms with Gasteiger partial charge in [0.2, 0.25) is 5.88 Å². The van der Waals surface area contributed by atoms with Gasteiger partial charge in [-0.15, -0.1) is 0 Å². The summed E-state index contributed by atoms with van der Waals surface area (Å²) in [6.07, 6.45) is 0.916. The number of anilines is 1. The third-order valence-corrected chi connectivity index (χ3v) is 5.73. The second-order valence-corrected chi connectivity index (χ2v) is 7.65. The predicted octanol–water partition coefficient (Wildman–Crippen LogP) is 3.88. The fourth-order valence-corrected chi connectivity index (χ4v) is 4.21. The summed E-state index contributed by atoms with van der Waals surface area (Å²) in [5.74, 6) is 1.11. The molecule has 28 heavy (non-hydrogen) atoms. The number of halogens is 2. The number of aromatic amines is 1. The van der Waals surface area contributed by atoms with Crippen molar-refractivity contribution in [2.24, 2.45) is 0 Å². The maximum absolute atomic E-state index is 10.1. The first-order valence-corrected chi connectivity index (χ1v) is 9.95. The second kappa shape index (κ2) is 8.17. The molecule has 8 heteroatoms. The molecule has 3 aromatic rings. The monoisotopic (exact) mass is 420 g/mol. The minimum absolute atomic E-state index is 0.0561. The Balaban J connectivity index is 1.47. The number of aliphatic hydroxyl groups is 1. The van der Waals surface area contributed by atoms with Gasteiger partial charge in [0.1, 0.15) is 10.8 Å². The van der Waals surface area contributed by atoms with Crippen LogP contribution >= 0.6 is 23.2 Å². The normalized spacial score (nSPS) is 16.9. The highest BCUT2D eigenvalue weighted by molar-refractivity contribution is 6.32. The van der Waals surface area contributed by atoms with Crippen LogP contribution in [0.25, 0.3) is 10.9 Å². The third kappa shape index (κ3) is 3.65. The number of H-pyrrole nitrogens is 1. The Morgan fingerprint density at radius 1 is 1.32 bits per heavy atom. The number of aliphatic hydroxyl groups excluding tert-OH is 1. The van der Waals surface area contributed by atoms with Crippen molar-refractivity contribution in [3.63, 3.8) is 0 Å². The van der Waals surface area contributed by atoms with E-state index in [9.17, 15) is 5.11 Å². The van der Waals surface area contributed by atoms with E-state index in [2.05, 4.69) is 20.2 Å². The quantitative estimate of drug-likeness (QED) is 0.564. The molecule has 1 aliphatic heterocycles. The van der Waals surface area contributed by atoms with Crippen molar-refractivity contribution in [1.29, 1.82) is 0 Å². The molecule has 6 nitrogen and oxygen atoms in total. The van der Waals surface area contributed by atoms with E-state index < -0.39 is 0 Å². The van der Waals surface area contributed by atoms with Crippen LogP contribution in [0.4, 0.5) is 5.82 Å². The van der Waals surface area contributed by atoms with E-state index in [1.54, 1.807) is 13.2 Å². The number of fused-ring (bicyclic) bond motifs is 3. The van der Waals surface area contributed by atoms with Gasteiger partial charge in [-0.1, -0.05) is 23.2 Å². The molecular weight excluding hydrogens is 399 g/mol. The third-order valence-electron chi connectivity index (χ3n) is 5.21. The minimum atomic E-state index is -0.0653. The molecule has 0 fully saturated rings. The highest BCUT2D eigenvalue weighted by Crippen LogP contribution is 2.35. The zero-order chi connectivity index (χ0) is 19.7. The summed E-state index contributed by atoms with van der Waals surface area (Å²) in [4.78, 5) is 10.1. The largest absolute Gasteiger partial charge is 0.480 e. The summed E-state index contributed by atoms with van der Waals surface area (Å²) in [5, 5.41) is 15.7. The standard InChI is InChI=1S/C20H22Cl2N4O2/c1-28-20-15(22)3-5-18(25-20)23-7-9-26-8-6-13-14-10-12(21)2-4-16(14)24-19(13)17(26)11-27/h2-5,10,17,24,27H,6-9,11H2,1H3,(H,23,25). The number of nitrogens with one attached hydrogen (secondary N) is 2. The van der Waals surface area contributed by atoms with E-state index in [-0.39, 0.29) is 12.6 Å². The summed E-state index contributed by atoms with van der Waals surface area (Å²) in [5.41, 5.74) is 3.40. The number of rotatable bonds is 6. The van der Waals surface area contributed by atoms with Gasteiger partial charge in [-0.3, -0.25) is 4.90 Å². The van der Waals surface area contributed by atoms with Gasteiger partial charge in [0.25, 0.3) is 0 Å². The summed E-state index contributed by atoms with van der Waals surface area (Å²) >= 11 is 12.2. The van der Waals surface area contributed by atoms with Crippen LogP contribution in [0.3, 0.4) is 0 Å². The van der Waals surface area contributed by atoms with E-state index in [1.807, 2.05) is 24.3 Å². The molecule has 0 aliphatic carbocycles. The van der Waals surface area contributed by atoms with Crippen LogP contribution in [0.1, 0.15) is 17.3 Å². The Hall–Kier alpha value is -1.99. The number of hydrogen-bond acceptors (Lipinski definition) is 5. The number of hydrogen-bond donors (Lipinski definition) is 3. The molecule has 0 radical (unpaired) electrons. The smallest absolute Gasteiger partial charge is 0.234 e.